The minimum atomic E-state index is 0.671. The molecule has 2 heteroatoms. The quantitative estimate of drug-likeness (QED) is 0.491. The standard InChI is InChI=1S/C5H8NS/c1-5(2-6-1)3-7-4-5/h1,6H,2-4H2. The van der Waals surface area contributed by atoms with Gasteiger partial charge in [-0.3, -0.25) is 0 Å². The van der Waals surface area contributed by atoms with Crippen LogP contribution in [0.5, 0.6) is 0 Å². The molecule has 2 heterocycles. The van der Waals surface area contributed by atoms with Crippen molar-refractivity contribution in [2.24, 2.45) is 5.41 Å². The van der Waals surface area contributed by atoms with Crippen molar-refractivity contribution in [2.45, 2.75) is 0 Å². The highest BCUT2D eigenvalue weighted by Crippen LogP contribution is 2.43. The van der Waals surface area contributed by atoms with Crippen LogP contribution in [0.1, 0.15) is 0 Å². The molecule has 0 aromatic heterocycles. The lowest BCUT2D eigenvalue weighted by Gasteiger charge is -2.48. The highest BCUT2D eigenvalue weighted by molar-refractivity contribution is 8.00. The fourth-order valence-corrected chi connectivity index (χ4v) is 2.04. The van der Waals surface area contributed by atoms with Crippen LogP contribution >= 0.6 is 11.8 Å². The number of thioether (sulfide) groups is 1. The third-order valence-electron chi connectivity index (χ3n) is 1.64. The van der Waals surface area contributed by atoms with E-state index in [4.69, 9.17) is 0 Å². The molecule has 1 N–H and O–H groups in total. The molecule has 2 rings (SSSR count). The molecule has 39 valence electrons. The van der Waals surface area contributed by atoms with Gasteiger partial charge in [-0.1, -0.05) is 0 Å². The number of nitrogens with one attached hydrogen (secondary N) is 1. The highest BCUT2D eigenvalue weighted by atomic mass is 32.2. The second-order valence-electron chi connectivity index (χ2n) is 2.38. The summed E-state index contributed by atoms with van der Waals surface area (Å²) in [5.41, 5.74) is 0.671. The predicted molar refractivity (Wildman–Crippen MR) is 32.1 cm³/mol. The van der Waals surface area contributed by atoms with Gasteiger partial charge in [-0.15, -0.1) is 0 Å². The molecule has 2 saturated heterocycles. The highest BCUT2D eigenvalue weighted by Gasteiger charge is 2.43. The Hall–Kier alpha value is 0.310. The van der Waals surface area contributed by atoms with E-state index in [2.05, 4.69) is 11.9 Å². The summed E-state index contributed by atoms with van der Waals surface area (Å²) in [5, 5.41) is 3.17. The molecule has 1 radical (unpaired) electrons. The number of hydrogen-bond donors (Lipinski definition) is 1. The maximum Gasteiger partial charge on any atom is 0.0312 e. The molecule has 0 aliphatic carbocycles. The Morgan fingerprint density at radius 1 is 1.57 bits per heavy atom. The van der Waals surface area contributed by atoms with E-state index in [0.29, 0.717) is 5.41 Å². The molecule has 2 aliphatic rings. The molecule has 0 amide bonds. The normalized spacial score (nSPS) is 34.3. The summed E-state index contributed by atoms with van der Waals surface area (Å²) in [6.07, 6.45) is 0. The average molecular weight is 114 g/mol. The molecule has 2 aliphatic heterocycles. The van der Waals surface area contributed by atoms with E-state index in [9.17, 15) is 0 Å². The van der Waals surface area contributed by atoms with Crippen molar-refractivity contribution in [3.8, 4) is 0 Å². The Kier molecular flexibility index (Phi) is 0.707. The van der Waals surface area contributed by atoms with Crippen LogP contribution in [0.2, 0.25) is 0 Å². The molecule has 0 unspecified atom stereocenters. The lowest BCUT2D eigenvalue weighted by atomic mass is 9.85. The van der Waals surface area contributed by atoms with Crippen molar-refractivity contribution in [1.29, 1.82) is 0 Å². The largest absolute Gasteiger partial charge is 0.311 e. The summed E-state index contributed by atoms with van der Waals surface area (Å²) in [5.74, 6) is 2.72. The van der Waals surface area contributed by atoms with Crippen molar-refractivity contribution in [3.05, 3.63) is 6.54 Å². The molecule has 1 nitrogen and oxygen atoms in total. The van der Waals surface area contributed by atoms with Gasteiger partial charge >= 0.3 is 0 Å². The summed E-state index contributed by atoms with van der Waals surface area (Å²) >= 11 is 2.05. The molecule has 2 fully saturated rings. The zero-order valence-corrected chi connectivity index (χ0v) is 4.92. The molecule has 0 bridgehead atoms. The minimum Gasteiger partial charge on any atom is -0.311 e. The van der Waals surface area contributed by atoms with Gasteiger partial charge in [0.1, 0.15) is 0 Å². The van der Waals surface area contributed by atoms with Crippen LogP contribution in [-0.2, 0) is 0 Å². The molecule has 0 atom stereocenters. The van der Waals surface area contributed by atoms with E-state index in [-0.39, 0.29) is 0 Å². The zero-order chi connectivity index (χ0) is 4.74. The fourth-order valence-electron chi connectivity index (χ4n) is 0.940. The average Bonchev–Trinajstić information content (AvgIpc) is 1.20. The maximum absolute atomic E-state index is 3.17. The van der Waals surface area contributed by atoms with E-state index in [1.165, 1.54) is 18.1 Å². The van der Waals surface area contributed by atoms with Gasteiger partial charge in [0.25, 0.3) is 0 Å². The second-order valence-corrected chi connectivity index (χ2v) is 3.37. The Balaban J connectivity index is 2.00. The van der Waals surface area contributed by atoms with E-state index in [1.54, 1.807) is 0 Å². The topological polar surface area (TPSA) is 12.0 Å². The van der Waals surface area contributed by atoms with Gasteiger partial charge in [0.2, 0.25) is 0 Å². The van der Waals surface area contributed by atoms with Crippen LogP contribution in [0, 0.1) is 12.0 Å². The van der Waals surface area contributed by atoms with Crippen LogP contribution in [0.15, 0.2) is 0 Å². The van der Waals surface area contributed by atoms with Crippen molar-refractivity contribution in [3.63, 3.8) is 0 Å². The Bertz CT molecular complexity index is 68.6. The van der Waals surface area contributed by atoms with E-state index in [1.807, 2.05) is 11.8 Å². The summed E-state index contributed by atoms with van der Waals surface area (Å²) in [4.78, 5) is 0. The summed E-state index contributed by atoms with van der Waals surface area (Å²) in [6.45, 7) is 3.48. The smallest absolute Gasteiger partial charge is 0.0312 e. The molecular weight excluding hydrogens is 106 g/mol. The number of hydrogen-bond acceptors (Lipinski definition) is 2. The first-order valence-corrected chi connectivity index (χ1v) is 3.72. The molecule has 0 aromatic rings. The van der Waals surface area contributed by atoms with Crippen LogP contribution < -0.4 is 5.32 Å². The molecule has 0 saturated carbocycles. The zero-order valence-electron chi connectivity index (χ0n) is 4.11. The molecule has 1 spiro atoms. The van der Waals surface area contributed by atoms with Gasteiger partial charge in [0, 0.05) is 30.0 Å². The van der Waals surface area contributed by atoms with E-state index >= 15 is 0 Å². The van der Waals surface area contributed by atoms with E-state index < -0.39 is 0 Å². The summed E-state index contributed by atoms with van der Waals surface area (Å²) < 4.78 is 0. The minimum absolute atomic E-state index is 0.671. The van der Waals surface area contributed by atoms with Crippen molar-refractivity contribution in [2.75, 3.05) is 18.1 Å². The van der Waals surface area contributed by atoms with Crippen molar-refractivity contribution >= 4 is 11.8 Å². The predicted octanol–water partition coefficient (Wildman–Crippen LogP) is 0.485. The van der Waals surface area contributed by atoms with Gasteiger partial charge in [0.05, 0.1) is 0 Å². The van der Waals surface area contributed by atoms with Crippen LogP contribution in [-0.4, -0.2) is 18.1 Å². The Morgan fingerprint density at radius 3 is 2.29 bits per heavy atom. The number of rotatable bonds is 0. The maximum atomic E-state index is 3.17. The first-order valence-electron chi connectivity index (χ1n) is 2.57. The lowest BCUT2D eigenvalue weighted by Crippen LogP contribution is -2.56. The van der Waals surface area contributed by atoms with Gasteiger partial charge in [-0.25, -0.2) is 0 Å². The van der Waals surface area contributed by atoms with Crippen LogP contribution in [0.3, 0.4) is 0 Å². The lowest BCUT2D eigenvalue weighted by molar-refractivity contribution is 0.290. The summed E-state index contributed by atoms with van der Waals surface area (Å²) in [7, 11) is 0. The fraction of sp³-hybridized carbons (Fsp3) is 0.800. The van der Waals surface area contributed by atoms with Crippen molar-refractivity contribution < 1.29 is 0 Å². The first-order chi connectivity index (χ1) is 3.41. The molecule has 7 heavy (non-hydrogen) atoms. The first kappa shape index (κ1) is 4.21. The third kappa shape index (κ3) is 0.441. The summed E-state index contributed by atoms with van der Waals surface area (Å²) in [6, 6.07) is 0. The van der Waals surface area contributed by atoms with Gasteiger partial charge in [-0.2, -0.15) is 11.8 Å². The van der Waals surface area contributed by atoms with Crippen LogP contribution in [0.25, 0.3) is 0 Å². The Labute approximate surface area is 47.9 Å². The monoisotopic (exact) mass is 114 g/mol. The SMILES string of the molecule is [CH]1NCC12CSC2. The third-order valence-corrected chi connectivity index (χ3v) is 3.20. The Morgan fingerprint density at radius 2 is 2.29 bits per heavy atom. The van der Waals surface area contributed by atoms with Gasteiger partial charge in [-0.05, 0) is 0 Å². The van der Waals surface area contributed by atoms with E-state index in [0.717, 1.165) is 0 Å². The van der Waals surface area contributed by atoms with Crippen LogP contribution in [0.4, 0.5) is 0 Å². The van der Waals surface area contributed by atoms with Crippen molar-refractivity contribution in [1.82, 2.24) is 5.32 Å². The van der Waals surface area contributed by atoms with Gasteiger partial charge < -0.3 is 5.32 Å². The molecular formula is C5H8NS. The second kappa shape index (κ2) is 1.17. The van der Waals surface area contributed by atoms with Gasteiger partial charge in [0.15, 0.2) is 0 Å². The molecule has 0 aromatic carbocycles.